The molecule has 0 aliphatic carbocycles. The second kappa shape index (κ2) is 6.76. The number of aryl methyl sites for hydroxylation is 2. The van der Waals surface area contributed by atoms with E-state index in [1.165, 1.54) is 0 Å². The van der Waals surface area contributed by atoms with Crippen molar-refractivity contribution in [3.63, 3.8) is 0 Å². The number of sulfonamides is 1. The number of carbonyl (C=O) groups excluding carboxylic acids is 1. The third-order valence-electron chi connectivity index (χ3n) is 4.45. The van der Waals surface area contributed by atoms with E-state index in [1.54, 1.807) is 41.3 Å². The Morgan fingerprint density at radius 1 is 1.00 bits per heavy atom. The van der Waals surface area contributed by atoms with Crippen LogP contribution in [0.1, 0.15) is 31.4 Å². The van der Waals surface area contributed by atoms with Gasteiger partial charge in [-0.1, -0.05) is 32.0 Å². The Bertz CT molecular complexity index is 931. The van der Waals surface area contributed by atoms with E-state index in [1.807, 2.05) is 19.9 Å². The monoisotopic (exact) mass is 372 g/mol. The molecule has 1 aliphatic heterocycles. The predicted octanol–water partition coefficient (Wildman–Crippen LogP) is 4.48. The third kappa shape index (κ3) is 3.21. The average molecular weight is 372 g/mol. The molecule has 0 N–H and O–H groups in total. The van der Waals surface area contributed by atoms with Crippen LogP contribution in [0.25, 0.3) is 0 Å². The van der Waals surface area contributed by atoms with E-state index in [-0.39, 0.29) is 4.90 Å². The number of nitrogens with zero attached hydrogens (tertiary/aromatic N) is 2. The van der Waals surface area contributed by atoms with Crippen LogP contribution in [0.15, 0.2) is 47.4 Å². The van der Waals surface area contributed by atoms with Gasteiger partial charge in [0.15, 0.2) is 0 Å². The lowest BCUT2D eigenvalue weighted by Crippen LogP contribution is -2.51. The van der Waals surface area contributed by atoms with Crippen LogP contribution < -0.4 is 9.21 Å². The van der Waals surface area contributed by atoms with E-state index >= 15 is 0 Å². The molecule has 26 heavy (non-hydrogen) atoms. The zero-order valence-electron chi connectivity index (χ0n) is 15.6. The second-order valence-electron chi connectivity index (χ2n) is 7.20. The van der Waals surface area contributed by atoms with Crippen LogP contribution in [0, 0.1) is 19.8 Å². The molecule has 0 saturated carbocycles. The number of para-hydroxylation sites is 1. The minimum Gasteiger partial charge on any atom is -0.292 e. The van der Waals surface area contributed by atoms with Gasteiger partial charge in [0.05, 0.1) is 11.4 Å². The number of hydrogen-bond donors (Lipinski definition) is 0. The van der Waals surface area contributed by atoms with Crippen molar-refractivity contribution in [2.45, 2.75) is 39.0 Å². The van der Waals surface area contributed by atoms with Crippen molar-refractivity contribution in [1.82, 2.24) is 0 Å². The summed E-state index contributed by atoms with van der Waals surface area (Å²) in [4.78, 5) is 15.0. The Morgan fingerprint density at radius 2 is 1.62 bits per heavy atom. The normalized spacial score (nSPS) is 16.1. The maximum Gasteiger partial charge on any atom is 0.343 e. The molecule has 0 radical (unpaired) electrons. The van der Waals surface area contributed by atoms with Crippen molar-refractivity contribution >= 4 is 27.4 Å². The number of urea groups is 1. The first-order valence-corrected chi connectivity index (χ1v) is 10.2. The molecule has 1 heterocycles. The molecule has 2 aromatic carbocycles. The molecule has 2 amide bonds. The van der Waals surface area contributed by atoms with Gasteiger partial charge >= 0.3 is 6.03 Å². The van der Waals surface area contributed by atoms with Crippen LogP contribution in [-0.4, -0.2) is 21.0 Å². The Labute approximate surface area is 155 Å². The van der Waals surface area contributed by atoms with Gasteiger partial charge in [-0.2, -0.15) is 4.31 Å². The van der Waals surface area contributed by atoms with Crippen LogP contribution in [0.5, 0.6) is 0 Å². The van der Waals surface area contributed by atoms with Crippen molar-refractivity contribution in [2.24, 2.45) is 5.92 Å². The molecule has 0 bridgehead atoms. The van der Waals surface area contributed by atoms with Crippen molar-refractivity contribution < 1.29 is 13.2 Å². The maximum atomic E-state index is 13.2. The molecule has 5 nitrogen and oxygen atoms in total. The lowest BCUT2D eigenvalue weighted by atomic mass is 10.1. The zero-order valence-corrected chi connectivity index (χ0v) is 16.4. The van der Waals surface area contributed by atoms with Crippen LogP contribution >= 0.6 is 0 Å². The topological polar surface area (TPSA) is 57.7 Å². The minimum atomic E-state index is -3.95. The highest BCUT2D eigenvalue weighted by Gasteiger charge is 2.42. The van der Waals surface area contributed by atoms with Gasteiger partial charge in [-0.25, -0.2) is 13.2 Å². The fraction of sp³-hybridized carbons (Fsp3) is 0.350. The van der Waals surface area contributed by atoms with Crippen LogP contribution in [0.3, 0.4) is 0 Å². The number of hydrogen-bond acceptors (Lipinski definition) is 3. The molecule has 2 aromatic rings. The van der Waals surface area contributed by atoms with Crippen molar-refractivity contribution in [2.75, 3.05) is 15.7 Å². The summed E-state index contributed by atoms with van der Waals surface area (Å²) >= 11 is 0. The molecule has 0 saturated heterocycles. The summed E-state index contributed by atoms with van der Waals surface area (Å²) in [6, 6.07) is 11.6. The summed E-state index contributed by atoms with van der Waals surface area (Å²) in [5, 5.41) is 0. The molecule has 0 atom stereocenters. The van der Waals surface area contributed by atoms with Gasteiger partial charge in [0.1, 0.15) is 4.90 Å². The van der Waals surface area contributed by atoms with Gasteiger partial charge in [0.25, 0.3) is 10.0 Å². The van der Waals surface area contributed by atoms with Gasteiger partial charge in [-0.05, 0) is 61.6 Å². The number of anilines is 2. The lowest BCUT2D eigenvalue weighted by Gasteiger charge is -2.36. The van der Waals surface area contributed by atoms with Gasteiger partial charge in [-0.3, -0.25) is 4.90 Å². The van der Waals surface area contributed by atoms with Crippen molar-refractivity contribution in [3.05, 3.63) is 53.6 Å². The molecule has 0 unspecified atom stereocenters. The fourth-order valence-corrected chi connectivity index (χ4v) is 4.81. The molecule has 0 fully saturated rings. The second-order valence-corrected chi connectivity index (χ2v) is 8.95. The first-order valence-electron chi connectivity index (χ1n) is 8.76. The smallest absolute Gasteiger partial charge is 0.292 e. The zero-order chi connectivity index (χ0) is 19.1. The first kappa shape index (κ1) is 18.5. The van der Waals surface area contributed by atoms with E-state index < -0.39 is 16.1 Å². The van der Waals surface area contributed by atoms with E-state index in [0.717, 1.165) is 21.9 Å². The predicted molar refractivity (Wildman–Crippen MR) is 104 cm³/mol. The Balaban J connectivity index is 2.18. The number of amides is 2. The van der Waals surface area contributed by atoms with Gasteiger partial charge in [0, 0.05) is 6.54 Å². The summed E-state index contributed by atoms with van der Waals surface area (Å²) in [6.45, 7) is 8.42. The van der Waals surface area contributed by atoms with Gasteiger partial charge in [0.2, 0.25) is 0 Å². The van der Waals surface area contributed by atoms with Crippen molar-refractivity contribution in [3.8, 4) is 0 Å². The van der Waals surface area contributed by atoms with Crippen LogP contribution in [0.2, 0.25) is 0 Å². The quantitative estimate of drug-likeness (QED) is 0.795. The van der Waals surface area contributed by atoms with E-state index in [2.05, 4.69) is 13.8 Å². The molecule has 0 spiro atoms. The third-order valence-corrected chi connectivity index (χ3v) is 6.20. The van der Waals surface area contributed by atoms with E-state index in [9.17, 15) is 13.2 Å². The van der Waals surface area contributed by atoms with E-state index in [0.29, 0.717) is 23.8 Å². The molecule has 0 aromatic heterocycles. The van der Waals surface area contributed by atoms with Crippen molar-refractivity contribution in [1.29, 1.82) is 0 Å². The molecular weight excluding hydrogens is 348 g/mol. The molecule has 138 valence electrons. The summed E-state index contributed by atoms with van der Waals surface area (Å²) < 4.78 is 27.3. The summed E-state index contributed by atoms with van der Waals surface area (Å²) in [6.07, 6.45) is 0.792. The van der Waals surface area contributed by atoms with Gasteiger partial charge in [-0.15, -0.1) is 0 Å². The molecule has 6 heteroatoms. The SMILES string of the molecule is Cc1cc(C)cc(N2C(=O)N(CCC(C)C)c3ccccc3S2(=O)=O)c1. The van der Waals surface area contributed by atoms with Gasteiger partial charge < -0.3 is 0 Å². The van der Waals surface area contributed by atoms with E-state index in [4.69, 9.17) is 0 Å². The average Bonchev–Trinajstić information content (AvgIpc) is 2.53. The highest BCUT2D eigenvalue weighted by Crippen LogP contribution is 2.37. The fourth-order valence-electron chi connectivity index (χ4n) is 3.23. The largest absolute Gasteiger partial charge is 0.343 e. The summed E-state index contributed by atoms with van der Waals surface area (Å²) in [7, 11) is -3.95. The Kier molecular flexibility index (Phi) is 4.80. The first-order chi connectivity index (χ1) is 12.2. The number of carbonyl (C=O) groups is 1. The highest BCUT2D eigenvalue weighted by molar-refractivity contribution is 7.94. The lowest BCUT2D eigenvalue weighted by molar-refractivity contribution is 0.253. The van der Waals surface area contributed by atoms with Crippen LogP contribution in [-0.2, 0) is 10.0 Å². The summed E-state index contributed by atoms with van der Waals surface area (Å²) in [5.74, 6) is 0.406. The summed E-state index contributed by atoms with van der Waals surface area (Å²) in [5.41, 5.74) is 2.67. The number of benzene rings is 2. The minimum absolute atomic E-state index is 0.169. The van der Waals surface area contributed by atoms with Crippen LogP contribution in [0.4, 0.5) is 16.2 Å². The Morgan fingerprint density at radius 3 is 2.23 bits per heavy atom. The molecular formula is C20H24N2O3S. The molecule has 1 aliphatic rings. The molecule has 3 rings (SSSR count). The number of rotatable bonds is 4. The maximum absolute atomic E-state index is 13.2. The standard InChI is InChI=1S/C20H24N2O3S/c1-14(2)9-10-21-18-7-5-6-8-19(18)26(24,25)22(20(21)23)17-12-15(3)11-16(4)13-17/h5-8,11-14H,9-10H2,1-4H3. The highest BCUT2D eigenvalue weighted by atomic mass is 32.2. The Hall–Kier alpha value is -2.34. The number of fused-ring (bicyclic) bond motifs is 1.